The summed E-state index contributed by atoms with van der Waals surface area (Å²) in [5.41, 5.74) is 1.21. The minimum absolute atomic E-state index is 0.220. The summed E-state index contributed by atoms with van der Waals surface area (Å²) in [6.45, 7) is 4.60. The smallest absolute Gasteiger partial charge is 0.246 e. The van der Waals surface area contributed by atoms with Gasteiger partial charge in [0.2, 0.25) is 17.7 Å². The van der Waals surface area contributed by atoms with Crippen LogP contribution in [0.25, 0.3) is 0 Å². The monoisotopic (exact) mass is 567 g/mol. The van der Waals surface area contributed by atoms with Crippen LogP contribution in [-0.4, -0.2) is 46.9 Å². The van der Waals surface area contributed by atoms with E-state index >= 15 is 0 Å². The van der Waals surface area contributed by atoms with E-state index in [4.69, 9.17) is 16.3 Å². The molecule has 0 aromatic heterocycles. The van der Waals surface area contributed by atoms with Crippen LogP contribution in [0.2, 0.25) is 5.02 Å². The molecule has 0 aliphatic carbocycles. The molecule has 0 saturated carbocycles. The highest BCUT2D eigenvalue weighted by molar-refractivity contribution is 6.30. The third-order valence-corrected chi connectivity index (χ3v) is 8.38. The summed E-state index contributed by atoms with van der Waals surface area (Å²) >= 11 is 6.10. The molecule has 5 atom stereocenters. The fourth-order valence-electron chi connectivity index (χ4n) is 6.33. The van der Waals surface area contributed by atoms with E-state index in [0.717, 1.165) is 11.1 Å². The number of carbonyl (C=O) groups is 3. The molecule has 3 heterocycles. The number of nitrogens with zero attached hydrogens (tertiary/aromatic N) is 2. The number of hydrogen-bond donors (Lipinski definition) is 1. The van der Waals surface area contributed by atoms with E-state index in [1.807, 2.05) is 72.8 Å². The third kappa shape index (κ3) is 4.75. The van der Waals surface area contributed by atoms with Gasteiger partial charge in [-0.3, -0.25) is 14.4 Å². The van der Waals surface area contributed by atoms with Crippen LogP contribution in [0.1, 0.15) is 11.1 Å². The Labute approximate surface area is 244 Å². The molecule has 3 aliphatic heterocycles. The highest BCUT2D eigenvalue weighted by Crippen LogP contribution is 2.55. The summed E-state index contributed by atoms with van der Waals surface area (Å²) in [6, 6.07) is 25.2. The maximum atomic E-state index is 14.3. The van der Waals surface area contributed by atoms with Crippen molar-refractivity contribution in [1.82, 2.24) is 10.2 Å². The molecular weight excluding hydrogens is 538 g/mol. The van der Waals surface area contributed by atoms with Gasteiger partial charge in [0.15, 0.2) is 0 Å². The lowest BCUT2D eigenvalue weighted by Gasteiger charge is -2.32. The van der Waals surface area contributed by atoms with Crippen LogP contribution in [0.15, 0.2) is 110 Å². The summed E-state index contributed by atoms with van der Waals surface area (Å²) in [4.78, 5) is 45.6. The van der Waals surface area contributed by atoms with Gasteiger partial charge in [-0.05, 0) is 35.4 Å². The van der Waals surface area contributed by atoms with Crippen molar-refractivity contribution in [2.24, 2.45) is 11.8 Å². The Morgan fingerprint density at radius 3 is 2.32 bits per heavy atom. The number of halogens is 1. The molecule has 2 saturated heterocycles. The van der Waals surface area contributed by atoms with Crippen LogP contribution in [0.4, 0.5) is 5.69 Å². The lowest BCUT2D eigenvalue weighted by Crippen LogP contribution is -2.54. The summed E-state index contributed by atoms with van der Waals surface area (Å²) in [6.07, 6.45) is 4.66. The van der Waals surface area contributed by atoms with Gasteiger partial charge in [-0.1, -0.05) is 90.5 Å². The van der Waals surface area contributed by atoms with Crippen molar-refractivity contribution in [1.29, 1.82) is 0 Å². The first-order valence-corrected chi connectivity index (χ1v) is 14.0. The van der Waals surface area contributed by atoms with Crippen molar-refractivity contribution < 1.29 is 19.1 Å². The van der Waals surface area contributed by atoms with Crippen molar-refractivity contribution in [3.63, 3.8) is 0 Å². The Morgan fingerprint density at radius 2 is 1.66 bits per heavy atom. The van der Waals surface area contributed by atoms with E-state index in [9.17, 15) is 14.4 Å². The third-order valence-electron chi connectivity index (χ3n) is 8.13. The summed E-state index contributed by atoms with van der Waals surface area (Å²) in [7, 11) is 0. The van der Waals surface area contributed by atoms with Gasteiger partial charge >= 0.3 is 0 Å². The van der Waals surface area contributed by atoms with Crippen molar-refractivity contribution in [2.75, 3.05) is 11.4 Å². The molecule has 2 bridgehead atoms. The normalized spacial score (nSPS) is 25.7. The van der Waals surface area contributed by atoms with Gasteiger partial charge in [-0.15, -0.1) is 6.58 Å². The van der Waals surface area contributed by atoms with Crippen LogP contribution < -0.4 is 10.2 Å². The zero-order chi connectivity index (χ0) is 28.6. The molecule has 1 N–H and O–H groups in total. The molecule has 2 fully saturated rings. The van der Waals surface area contributed by atoms with E-state index in [0.29, 0.717) is 17.3 Å². The highest BCUT2D eigenvalue weighted by atomic mass is 35.5. The van der Waals surface area contributed by atoms with E-state index in [1.165, 1.54) is 0 Å². The molecule has 6 rings (SSSR count). The summed E-state index contributed by atoms with van der Waals surface area (Å²) < 4.78 is 6.50. The van der Waals surface area contributed by atoms with Crippen LogP contribution in [0.5, 0.6) is 0 Å². The van der Waals surface area contributed by atoms with Gasteiger partial charge in [0.1, 0.15) is 11.6 Å². The van der Waals surface area contributed by atoms with Crippen molar-refractivity contribution in [2.45, 2.75) is 30.8 Å². The second-order valence-electron chi connectivity index (χ2n) is 10.6. The Morgan fingerprint density at radius 1 is 1.00 bits per heavy atom. The molecular formula is C33H30ClN3O4. The minimum Gasteiger partial charge on any atom is -0.359 e. The zero-order valence-corrected chi connectivity index (χ0v) is 23.1. The van der Waals surface area contributed by atoms with Crippen molar-refractivity contribution in [3.05, 3.63) is 126 Å². The molecule has 41 heavy (non-hydrogen) atoms. The number of amides is 3. The molecule has 3 aliphatic rings. The lowest BCUT2D eigenvalue weighted by molar-refractivity contribution is -0.142. The molecule has 0 radical (unpaired) electrons. The minimum atomic E-state index is -1.25. The molecule has 0 unspecified atom stereocenters. The SMILES string of the molecule is C=CCN(C(=O)[C@@H]1[C@@H]2C=C[C@]3(O2)[C@H](C(=O)NCc2ccccc2)N(Cc2ccccc2)C(=O)[C@@H]13)c1ccc(Cl)cc1. The van der Waals surface area contributed by atoms with Gasteiger partial charge in [0.05, 0.1) is 17.9 Å². The van der Waals surface area contributed by atoms with Crippen LogP contribution >= 0.6 is 11.6 Å². The maximum Gasteiger partial charge on any atom is 0.246 e. The number of carbonyl (C=O) groups excluding carboxylic acids is 3. The first kappa shape index (κ1) is 27.0. The van der Waals surface area contributed by atoms with Gasteiger partial charge < -0.3 is 19.9 Å². The highest BCUT2D eigenvalue weighted by Gasteiger charge is 2.73. The topological polar surface area (TPSA) is 79.0 Å². The van der Waals surface area contributed by atoms with Gasteiger partial charge in [-0.25, -0.2) is 0 Å². The van der Waals surface area contributed by atoms with E-state index in [-0.39, 0.29) is 30.8 Å². The number of benzene rings is 3. The predicted octanol–water partition coefficient (Wildman–Crippen LogP) is 4.53. The van der Waals surface area contributed by atoms with Crippen molar-refractivity contribution in [3.8, 4) is 0 Å². The molecule has 3 aromatic carbocycles. The Bertz CT molecular complexity index is 1490. The number of rotatable bonds is 9. The average Bonchev–Trinajstić information content (AvgIpc) is 3.63. The first-order valence-electron chi connectivity index (χ1n) is 13.6. The van der Waals surface area contributed by atoms with Gasteiger partial charge in [0.25, 0.3) is 0 Å². The molecule has 8 heteroatoms. The maximum absolute atomic E-state index is 14.3. The zero-order valence-electron chi connectivity index (χ0n) is 22.4. The fraction of sp³-hybridized carbons (Fsp3) is 0.242. The second-order valence-corrected chi connectivity index (χ2v) is 11.0. The second kappa shape index (κ2) is 11.0. The number of fused-ring (bicyclic) bond motifs is 1. The fourth-order valence-corrected chi connectivity index (χ4v) is 6.46. The standard InChI is InChI=1S/C33H30ClN3O4/c1-2-19-36(25-15-13-24(34)14-16-25)31(39)27-26-17-18-33(41-26)28(27)32(40)37(21-23-11-7-4-8-12-23)29(33)30(38)35-20-22-9-5-3-6-10-22/h2-18,26-29H,1,19-21H2,(H,35,38)/t26-,27+,28+,29-,33+/m0/s1. The van der Waals surface area contributed by atoms with Crippen LogP contribution in [-0.2, 0) is 32.2 Å². The number of anilines is 1. The number of ether oxygens (including phenoxy) is 1. The van der Waals surface area contributed by atoms with Crippen LogP contribution in [0, 0.1) is 11.8 Å². The average molecular weight is 568 g/mol. The first-order chi connectivity index (χ1) is 19.9. The quantitative estimate of drug-likeness (QED) is 0.386. The van der Waals surface area contributed by atoms with E-state index in [2.05, 4.69) is 11.9 Å². The Kier molecular flexibility index (Phi) is 7.24. The predicted molar refractivity (Wildman–Crippen MR) is 157 cm³/mol. The van der Waals surface area contributed by atoms with Gasteiger partial charge in [-0.2, -0.15) is 0 Å². The van der Waals surface area contributed by atoms with Gasteiger partial charge in [0, 0.05) is 30.3 Å². The van der Waals surface area contributed by atoms with Crippen molar-refractivity contribution >= 4 is 35.0 Å². The number of likely N-dealkylation sites (tertiary alicyclic amines) is 1. The largest absolute Gasteiger partial charge is 0.359 e. The summed E-state index contributed by atoms with van der Waals surface area (Å²) in [5, 5.41) is 3.57. The molecule has 3 amide bonds. The van der Waals surface area contributed by atoms with E-state index in [1.54, 1.807) is 40.1 Å². The molecule has 7 nitrogen and oxygen atoms in total. The Balaban J connectivity index is 1.35. The number of hydrogen-bond acceptors (Lipinski definition) is 4. The van der Waals surface area contributed by atoms with E-state index < -0.39 is 29.6 Å². The molecule has 1 spiro atoms. The molecule has 208 valence electrons. The Hall–Kier alpha value is -4.20. The lowest BCUT2D eigenvalue weighted by atomic mass is 9.74. The summed E-state index contributed by atoms with van der Waals surface area (Å²) in [5.74, 6) is -2.49. The number of nitrogens with one attached hydrogen (secondary N) is 1. The van der Waals surface area contributed by atoms with Crippen LogP contribution in [0.3, 0.4) is 0 Å². The molecule has 3 aromatic rings.